The quantitative estimate of drug-likeness (QED) is 0.342. The second kappa shape index (κ2) is 7.95. The molecule has 2 atom stereocenters. The zero-order chi connectivity index (χ0) is 14.3. The summed E-state index contributed by atoms with van der Waals surface area (Å²) in [5.41, 5.74) is -2.04. The monoisotopic (exact) mass is 281 g/mol. The molecule has 9 heteroatoms. The van der Waals surface area contributed by atoms with E-state index in [-0.39, 0.29) is 32.1 Å². The van der Waals surface area contributed by atoms with E-state index in [1.54, 1.807) is 0 Å². The summed E-state index contributed by atoms with van der Waals surface area (Å²) in [5, 5.41) is 27.8. The zero-order valence-electron chi connectivity index (χ0n) is 10.6. The Hall–Kier alpha value is -0.345. The van der Waals surface area contributed by atoms with Crippen LogP contribution in [-0.4, -0.2) is 66.4 Å². The van der Waals surface area contributed by atoms with Crippen molar-refractivity contribution in [2.75, 3.05) is 19.8 Å². The molecule has 7 nitrogen and oxygen atoms in total. The van der Waals surface area contributed by atoms with Crippen molar-refractivity contribution in [2.24, 2.45) is 5.92 Å². The van der Waals surface area contributed by atoms with Crippen LogP contribution in [0.25, 0.3) is 0 Å². The minimum absolute atomic E-state index is 0.147. The molecule has 2 unspecified atom stereocenters. The molecule has 0 bridgehead atoms. The fraction of sp³-hybridized carbons (Fsp3) is 1.00. The Labute approximate surface area is 107 Å². The van der Waals surface area contributed by atoms with Crippen LogP contribution < -0.4 is 0 Å². The Bertz CT molecular complexity index is 347. The standard InChI is InChI=1S/C9H20BNO6S/c1-7(2)5-8(6-13)11(3-4-12)9(14)18(16,17)10-15/h7-9,12-14H,3-6H2,1-2H3. The SMILES string of the molecule is CC(C)CC(CO)N(CCO)C(O)S(=O)(=O)B=O. The van der Waals surface area contributed by atoms with Crippen molar-refractivity contribution in [3.05, 3.63) is 0 Å². The van der Waals surface area contributed by atoms with Gasteiger partial charge in [-0.3, -0.25) is 0 Å². The Morgan fingerprint density at radius 3 is 2.17 bits per heavy atom. The molecule has 0 fully saturated rings. The van der Waals surface area contributed by atoms with Crippen molar-refractivity contribution in [3.63, 3.8) is 0 Å². The summed E-state index contributed by atoms with van der Waals surface area (Å²) in [5.74, 6) is 0.162. The molecule has 106 valence electrons. The maximum absolute atomic E-state index is 11.3. The van der Waals surface area contributed by atoms with Crippen LogP contribution >= 0.6 is 0 Å². The van der Waals surface area contributed by atoms with E-state index in [4.69, 9.17) is 5.11 Å². The predicted molar refractivity (Wildman–Crippen MR) is 65.5 cm³/mol. The van der Waals surface area contributed by atoms with Gasteiger partial charge in [0.1, 0.15) is 0 Å². The van der Waals surface area contributed by atoms with E-state index < -0.39 is 21.3 Å². The number of aliphatic hydroxyl groups excluding tert-OH is 3. The van der Waals surface area contributed by atoms with Gasteiger partial charge in [0.25, 0.3) is 0 Å². The Kier molecular flexibility index (Phi) is 7.80. The van der Waals surface area contributed by atoms with Gasteiger partial charge in [-0.1, -0.05) is 0 Å². The van der Waals surface area contributed by atoms with Gasteiger partial charge in [0, 0.05) is 0 Å². The minimum atomic E-state index is -4.33. The van der Waals surface area contributed by atoms with E-state index in [0.29, 0.717) is 6.42 Å². The van der Waals surface area contributed by atoms with Crippen LogP contribution in [0, 0.1) is 5.92 Å². The number of aliphatic hydroxyl groups is 3. The topological polar surface area (TPSA) is 115 Å². The molecule has 0 aliphatic carbocycles. The number of hydrogen-bond acceptors (Lipinski definition) is 7. The van der Waals surface area contributed by atoms with Crippen LogP contribution in [0.5, 0.6) is 0 Å². The summed E-state index contributed by atoms with van der Waals surface area (Å²) < 4.78 is 33.0. The fourth-order valence-electron chi connectivity index (χ4n) is 1.69. The summed E-state index contributed by atoms with van der Waals surface area (Å²) in [6.07, 6.45) is 0.105. The zero-order valence-corrected chi connectivity index (χ0v) is 11.4. The van der Waals surface area contributed by atoms with E-state index in [0.717, 1.165) is 4.90 Å². The molecular formula is C9H20BNO6S. The van der Waals surface area contributed by atoms with E-state index in [1.165, 1.54) is 0 Å². The van der Waals surface area contributed by atoms with Gasteiger partial charge in [0.15, 0.2) is 0 Å². The van der Waals surface area contributed by atoms with E-state index >= 15 is 0 Å². The van der Waals surface area contributed by atoms with Gasteiger partial charge < -0.3 is 0 Å². The van der Waals surface area contributed by atoms with Crippen molar-refractivity contribution >= 4 is 16.1 Å². The van der Waals surface area contributed by atoms with Gasteiger partial charge in [-0.2, -0.15) is 0 Å². The van der Waals surface area contributed by atoms with Crippen LogP contribution in [0.3, 0.4) is 0 Å². The van der Waals surface area contributed by atoms with Gasteiger partial charge in [-0.15, -0.1) is 0 Å². The molecule has 0 rings (SSSR count). The Morgan fingerprint density at radius 2 is 1.83 bits per heavy atom. The van der Waals surface area contributed by atoms with Crippen molar-refractivity contribution in [3.8, 4) is 0 Å². The molecule has 0 saturated carbocycles. The Balaban J connectivity index is 5.08. The molecule has 0 radical (unpaired) electrons. The summed E-state index contributed by atoms with van der Waals surface area (Å²) in [7, 11) is -4.33. The molecule has 0 amide bonds. The van der Waals surface area contributed by atoms with Gasteiger partial charge >= 0.3 is 107 Å². The fourth-order valence-corrected chi connectivity index (χ4v) is 2.44. The second-order valence-corrected chi connectivity index (χ2v) is 6.23. The number of hydrogen-bond donors (Lipinski definition) is 3. The van der Waals surface area contributed by atoms with Gasteiger partial charge in [0.2, 0.25) is 0 Å². The molecule has 0 saturated heterocycles. The van der Waals surface area contributed by atoms with Crippen molar-refractivity contribution in [1.29, 1.82) is 0 Å². The Morgan fingerprint density at radius 1 is 1.28 bits per heavy atom. The summed E-state index contributed by atoms with van der Waals surface area (Å²) in [6.45, 7) is 2.84. The summed E-state index contributed by atoms with van der Waals surface area (Å²) >= 11 is 0. The van der Waals surface area contributed by atoms with Crippen LogP contribution in [0.1, 0.15) is 20.3 Å². The first kappa shape index (κ1) is 17.7. The van der Waals surface area contributed by atoms with Crippen molar-refractivity contribution < 1.29 is 28.4 Å². The van der Waals surface area contributed by atoms with Gasteiger partial charge in [0.05, 0.1) is 0 Å². The first-order valence-corrected chi connectivity index (χ1v) is 7.25. The third kappa shape index (κ3) is 5.11. The third-order valence-electron chi connectivity index (χ3n) is 2.49. The molecule has 0 aliphatic rings. The molecular weight excluding hydrogens is 261 g/mol. The maximum atomic E-state index is 11.3. The predicted octanol–water partition coefficient (Wildman–Crippen LogP) is -1.66. The normalized spacial score (nSPS) is 15.7. The number of rotatable bonds is 9. The molecule has 0 aromatic rings. The van der Waals surface area contributed by atoms with Gasteiger partial charge in [-0.25, -0.2) is 0 Å². The average molecular weight is 281 g/mol. The molecule has 0 aromatic heterocycles. The average Bonchev–Trinajstić information content (AvgIpc) is 2.32. The second-order valence-electron chi connectivity index (χ2n) is 4.44. The first-order valence-electron chi connectivity index (χ1n) is 5.64. The summed E-state index contributed by atoms with van der Waals surface area (Å²) in [4.78, 5) is 1.02. The third-order valence-corrected chi connectivity index (χ3v) is 3.62. The van der Waals surface area contributed by atoms with Crippen LogP contribution in [0.2, 0.25) is 0 Å². The molecule has 0 aliphatic heterocycles. The van der Waals surface area contributed by atoms with Gasteiger partial charge in [-0.05, 0) is 0 Å². The molecule has 0 spiro atoms. The van der Waals surface area contributed by atoms with Crippen LogP contribution in [0.15, 0.2) is 0 Å². The van der Waals surface area contributed by atoms with Crippen molar-refractivity contribution in [2.45, 2.75) is 31.9 Å². The van der Waals surface area contributed by atoms with Crippen molar-refractivity contribution in [1.82, 2.24) is 4.90 Å². The molecule has 18 heavy (non-hydrogen) atoms. The van der Waals surface area contributed by atoms with Crippen LogP contribution in [0.4, 0.5) is 0 Å². The molecule has 3 N–H and O–H groups in total. The summed E-state index contributed by atoms with van der Waals surface area (Å²) in [6, 6.07) is -0.637. The van der Waals surface area contributed by atoms with E-state index in [2.05, 4.69) is 0 Å². The first-order chi connectivity index (χ1) is 8.30. The van der Waals surface area contributed by atoms with E-state index in [9.17, 15) is 23.3 Å². The molecule has 0 heterocycles. The van der Waals surface area contributed by atoms with Crippen LogP contribution in [-0.2, 0) is 14.4 Å². The molecule has 0 aromatic carbocycles. The number of nitrogens with zero attached hydrogens (tertiary/aromatic N) is 1. The van der Waals surface area contributed by atoms with E-state index in [1.807, 2.05) is 13.8 Å².